The first kappa shape index (κ1) is 54.2. The van der Waals surface area contributed by atoms with Crippen LogP contribution in [0.15, 0.2) is 291 Å². The van der Waals surface area contributed by atoms with E-state index in [4.69, 9.17) is 0 Å². The van der Waals surface area contributed by atoms with Crippen molar-refractivity contribution in [1.29, 1.82) is 0 Å². The zero-order valence-corrected chi connectivity index (χ0v) is 50.9. The van der Waals surface area contributed by atoms with Crippen molar-refractivity contribution in [3.63, 3.8) is 0 Å². The van der Waals surface area contributed by atoms with Crippen LogP contribution in [0.3, 0.4) is 0 Å². The van der Waals surface area contributed by atoms with Crippen LogP contribution in [-0.2, 0) is 10.8 Å². The zero-order valence-electron chi connectivity index (χ0n) is 50.9. The zero-order chi connectivity index (χ0) is 59.7. The van der Waals surface area contributed by atoms with Gasteiger partial charge in [-0.25, -0.2) is 0 Å². The second-order valence-corrected chi connectivity index (χ2v) is 25.0. The van der Waals surface area contributed by atoms with Crippen LogP contribution in [0.25, 0.3) is 98.8 Å². The summed E-state index contributed by atoms with van der Waals surface area (Å²) in [5.74, 6) is 0. The third-order valence-electron chi connectivity index (χ3n) is 19.2. The summed E-state index contributed by atoms with van der Waals surface area (Å²) in [7, 11) is 0. The average molecular weight is 1140 g/mol. The van der Waals surface area contributed by atoms with Gasteiger partial charge in [-0.05, 0) is 154 Å². The number of rotatable bonds is 14. The number of aromatic nitrogens is 2. The van der Waals surface area contributed by atoms with E-state index in [1.807, 2.05) is 0 Å². The number of nitrogens with zero attached hydrogens (tertiary/aromatic N) is 4. The molecular weight excluding hydrogens is 1060 g/mol. The van der Waals surface area contributed by atoms with Gasteiger partial charge in [-0.1, -0.05) is 236 Å². The largest absolute Gasteiger partial charge is 0.309 e. The van der Waals surface area contributed by atoms with Crippen molar-refractivity contribution >= 4 is 99.3 Å². The molecule has 0 aliphatic carbocycles. The van der Waals surface area contributed by atoms with Gasteiger partial charge in [0.25, 0.3) is 0 Å². The minimum absolute atomic E-state index is 0.130. The normalized spacial score (nSPS) is 12.1. The van der Waals surface area contributed by atoms with E-state index < -0.39 is 0 Å². The molecule has 15 aromatic rings. The van der Waals surface area contributed by atoms with E-state index in [2.05, 4.69) is 352 Å². The van der Waals surface area contributed by atoms with Gasteiger partial charge in [0, 0.05) is 77.2 Å². The summed E-state index contributed by atoms with van der Waals surface area (Å²) in [6.45, 7) is 14.2. The Morgan fingerprint density at radius 1 is 0.261 bits per heavy atom. The van der Waals surface area contributed by atoms with Crippen molar-refractivity contribution in [2.24, 2.45) is 0 Å². The van der Waals surface area contributed by atoms with Crippen LogP contribution in [0.5, 0.6) is 0 Å². The molecule has 4 heteroatoms. The molecule has 13 aromatic carbocycles. The lowest BCUT2D eigenvalue weighted by atomic mass is 9.79. The number of benzene rings is 13. The lowest BCUT2D eigenvalue weighted by Gasteiger charge is -2.35. The first-order valence-electron chi connectivity index (χ1n) is 31.2. The standard InChI is InChI=1S/C84H70N4/c1-7-83(3,4)61-45-51-73-75(53-61)82(86(64-49-43-60(44-50-64)58-27-13-10-14-28-58)66-30-24-32-68(56-66)88-79-39-21-17-35-71(79)72-36-18-22-40-80(72)88)76-54-62(84(5,6)8-2)46-52-74(76)81(73)85(63-47-41-59(42-48-63)57-25-11-9-12-26-57)65-29-23-31-67(55-65)87-77-37-19-15-33-69(77)70-34-16-20-38-78(70)87/h9-56H,7-8H2,1-6H3. The molecule has 0 fully saturated rings. The molecular formula is C84H70N4. The van der Waals surface area contributed by atoms with Gasteiger partial charge in [-0.2, -0.15) is 0 Å². The van der Waals surface area contributed by atoms with Crippen molar-refractivity contribution in [3.05, 3.63) is 302 Å². The highest BCUT2D eigenvalue weighted by Crippen LogP contribution is 2.54. The van der Waals surface area contributed by atoms with Crippen LogP contribution in [-0.4, -0.2) is 9.13 Å². The Morgan fingerprint density at radius 3 is 0.932 bits per heavy atom. The van der Waals surface area contributed by atoms with E-state index in [1.54, 1.807) is 0 Å². The summed E-state index contributed by atoms with van der Waals surface area (Å²) >= 11 is 0. The first-order valence-corrected chi connectivity index (χ1v) is 31.2. The Balaban J connectivity index is 1.06. The molecule has 0 aliphatic rings. The second-order valence-electron chi connectivity index (χ2n) is 25.0. The predicted octanol–water partition coefficient (Wildman–Crippen LogP) is 23.8. The van der Waals surface area contributed by atoms with Crippen molar-refractivity contribution in [3.8, 4) is 33.6 Å². The van der Waals surface area contributed by atoms with Crippen molar-refractivity contribution in [2.75, 3.05) is 9.80 Å². The van der Waals surface area contributed by atoms with E-state index in [1.165, 1.54) is 87.8 Å². The Morgan fingerprint density at radius 2 is 0.580 bits per heavy atom. The van der Waals surface area contributed by atoms with Crippen LogP contribution >= 0.6 is 0 Å². The topological polar surface area (TPSA) is 16.3 Å². The van der Waals surface area contributed by atoms with Gasteiger partial charge in [-0.3, -0.25) is 0 Å². The van der Waals surface area contributed by atoms with Crippen molar-refractivity contribution in [2.45, 2.75) is 65.2 Å². The third kappa shape index (κ3) is 9.22. The Bertz CT molecular complexity index is 4920. The summed E-state index contributed by atoms with van der Waals surface area (Å²) < 4.78 is 4.89. The number of para-hydroxylation sites is 4. The molecule has 0 N–H and O–H groups in total. The minimum Gasteiger partial charge on any atom is -0.309 e. The molecule has 4 nitrogen and oxygen atoms in total. The van der Waals surface area contributed by atoms with E-state index >= 15 is 0 Å². The fourth-order valence-electron chi connectivity index (χ4n) is 13.5. The van der Waals surface area contributed by atoms with Crippen molar-refractivity contribution < 1.29 is 0 Å². The maximum absolute atomic E-state index is 2.58. The molecule has 0 spiro atoms. The molecule has 426 valence electrons. The first-order chi connectivity index (χ1) is 43.1. The highest BCUT2D eigenvalue weighted by Gasteiger charge is 2.30. The molecule has 88 heavy (non-hydrogen) atoms. The molecule has 0 atom stereocenters. The molecule has 2 aromatic heterocycles. The molecule has 0 bridgehead atoms. The summed E-state index contributed by atoms with van der Waals surface area (Å²) in [6, 6.07) is 109. The predicted molar refractivity (Wildman–Crippen MR) is 377 cm³/mol. The fraction of sp³-hybridized carbons (Fsp3) is 0.119. The molecule has 0 amide bonds. The Kier molecular flexibility index (Phi) is 13.5. The lowest BCUT2D eigenvalue weighted by molar-refractivity contribution is 0.507. The quantitative estimate of drug-likeness (QED) is 0.0797. The highest BCUT2D eigenvalue weighted by atomic mass is 15.2. The van der Waals surface area contributed by atoms with Crippen LogP contribution < -0.4 is 9.80 Å². The Labute approximate surface area is 516 Å². The summed E-state index contributed by atoms with van der Waals surface area (Å²) in [6.07, 6.45) is 1.95. The molecule has 0 saturated carbocycles. The SMILES string of the molecule is CCC(C)(C)c1ccc2c(N(c3ccc(-c4ccccc4)cc3)c3cccc(-n4c5ccccc5c5ccccc54)c3)c3ccc(C(C)(C)CC)cc3c(N(c3ccc(-c4ccccc4)cc3)c3cccc(-n4c5ccccc5c5ccccc54)c3)c2c1. The Hall–Kier alpha value is -10.4. The van der Waals surface area contributed by atoms with E-state index in [0.717, 1.165) is 69.1 Å². The van der Waals surface area contributed by atoms with Gasteiger partial charge >= 0.3 is 0 Å². The molecule has 0 unspecified atom stereocenters. The summed E-state index contributed by atoms with van der Waals surface area (Å²) in [5.41, 5.74) is 20.5. The summed E-state index contributed by atoms with van der Waals surface area (Å²) in [4.78, 5) is 5.13. The third-order valence-corrected chi connectivity index (χ3v) is 19.2. The van der Waals surface area contributed by atoms with E-state index in [-0.39, 0.29) is 10.8 Å². The summed E-state index contributed by atoms with van der Waals surface area (Å²) in [5, 5.41) is 9.60. The number of hydrogen-bond acceptors (Lipinski definition) is 2. The van der Waals surface area contributed by atoms with Gasteiger partial charge in [0.2, 0.25) is 0 Å². The fourth-order valence-corrected chi connectivity index (χ4v) is 13.5. The van der Waals surface area contributed by atoms with Gasteiger partial charge in [-0.15, -0.1) is 0 Å². The molecule has 15 rings (SSSR count). The molecule has 2 heterocycles. The maximum Gasteiger partial charge on any atom is 0.0620 e. The number of fused-ring (bicyclic) bond motifs is 8. The number of hydrogen-bond donors (Lipinski definition) is 0. The van der Waals surface area contributed by atoms with Crippen LogP contribution in [0.2, 0.25) is 0 Å². The van der Waals surface area contributed by atoms with Gasteiger partial charge in [0.15, 0.2) is 0 Å². The molecule has 0 saturated heterocycles. The monoisotopic (exact) mass is 1130 g/mol. The smallest absolute Gasteiger partial charge is 0.0620 e. The van der Waals surface area contributed by atoms with Gasteiger partial charge in [0.05, 0.1) is 33.4 Å². The van der Waals surface area contributed by atoms with Gasteiger partial charge in [0.1, 0.15) is 0 Å². The van der Waals surface area contributed by atoms with Crippen molar-refractivity contribution in [1.82, 2.24) is 9.13 Å². The van der Waals surface area contributed by atoms with Crippen LogP contribution in [0.1, 0.15) is 65.5 Å². The van der Waals surface area contributed by atoms with Crippen LogP contribution in [0, 0.1) is 0 Å². The minimum atomic E-state index is -0.130. The van der Waals surface area contributed by atoms with E-state index in [0.29, 0.717) is 0 Å². The van der Waals surface area contributed by atoms with E-state index in [9.17, 15) is 0 Å². The lowest BCUT2D eigenvalue weighted by Crippen LogP contribution is -2.18. The molecule has 0 radical (unpaired) electrons. The van der Waals surface area contributed by atoms with Gasteiger partial charge < -0.3 is 18.9 Å². The highest BCUT2D eigenvalue weighted by molar-refractivity contribution is 6.24. The number of anilines is 6. The van der Waals surface area contributed by atoms with Crippen LogP contribution in [0.4, 0.5) is 34.1 Å². The maximum atomic E-state index is 2.58. The second kappa shape index (κ2) is 21.8. The average Bonchev–Trinajstić information content (AvgIpc) is 1.50. The molecule has 0 aliphatic heterocycles.